The molecule has 112 valence electrons. The maximum Gasteiger partial charge on any atom is 0.269 e. The lowest BCUT2D eigenvalue weighted by Gasteiger charge is -2.02. The van der Waals surface area contributed by atoms with Crippen molar-refractivity contribution in [1.82, 2.24) is 20.1 Å². The zero-order valence-corrected chi connectivity index (χ0v) is 12.0. The van der Waals surface area contributed by atoms with Gasteiger partial charge in [-0.15, -0.1) is 0 Å². The van der Waals surface area contributed by atoms with E-state index in [9.17, 15) is 10.1 Å². The smallest absolute Gasteiger partial charge is 0.269 e. The predicted molar refractivity (Wildman–Crippen MR) is 79.9 cm³/mol. The maximum absolute atomic E-state index is 10.6. The molecule has 0 aliphatic carbocycles. The van der Waals surface area contributed by atoms with Crippen LogP contribution in [0.2, 0.25) is 0 Å². The molecule has 0 aliphatic rings. The molecule has 1 aromatic heterocycles. The minimum absolute atomic E-state index is 0.0696. The average Bonchev–Trinajstić information content (AvgIpc) is 2.96. The molecule has 0 saturated carbocycles. The quantitative estimate of drug-likeness (QED) is 0.457. The summed E-state index contributed by atoms with van der Waals surface area (Å²) in [5.74, 6) is 0.589. The highest BCUT2D eigenvalue weighted by atomic mass is 16.6. The maximum atomic E-state index is 10.6. The molecule has 0 radical (unpaired) electrons. The molecule has 1 N–H and O–H groups in total. The first-order chi connectivity index (χ1) is 10.2. The van der Waals surface area contributed by atoms with Gasteiger partial charge in [0.25, 0.3) is 5.69 Å². The second-order valence-corrected chi connectivity index (χ2v) is 4.74. The molecule has 7 heteroatoms. The predicted octanol–water partition coefficient (Wildman–Crippen LogP) is 2.24. The fourth-order valence-corrected chi connectivity index (χ4v) is 1.93. The highest BCUT2D eigenvalue weighted by Crippen LogP contribution is 2.18. The van der Waals surface area contributed by atoms with Gasteiger partial charge in [0.15, 0.2) is 5.82 Å². The molecule has 2 aromatic rings. The summed E-state index contributed by atoms with van der Waals surface area (Å²) in [5, 5.41) is 18.3. The first-order valence-corrected chi connectivity index (χ1v) is 7.05. The third-order valence-electron chi connectivity index (χ3n) is 3.04. The standard InChI is InChI=1S/C14H19N5O2/c1-2-8-15-9-3-10-18-11-16-14(17-18)12-4-6-13(7-5-12)19(20)21/h4-7,11,15H,2-3,8-10H2,1H3. The number of hydrogen-bond donors (Lipinski definition) is 1. The second-order valence-electron chi connectivity index (χ2n) is 4.74. The van der Waals surface area contributed by atoms with Gasteiger partial charge in [0, 0.05) is 24.2 Å². The largest absolute Gasteiger partial charge is 0.317 e. The number of aryl methyl sites for hydroxylation is 1. The Bertz CT molecular complexity index is 579. The van der Waals surface area contributed by atoms with Gasteiger partial charge in [-0.2, -0.15) is 5.10 Å². The zero-order chi connectivity index (χ0) is 15.1. The number of hydrogen-bond acceptors (Lipinski definition) is 5. The average molecular weight is 289 g/mol. The second kappa shape index (κ2) is 7.49. The normalized spacial score (nSPS) is 10.7. The number of benzene rings is 1. The topological polar surface area (TPSA) is 85.9 Å². The molecule has 0 bridgehead atoms. The Kier molecular flexibility index (Phi) is 5.39. The minimum atomic E-state index is -0.418. The van der Waals surface area contributed by atoms with Crippen molar-refractivity contribution in [2.75, 3.05) is 13.1 Å². The van der Waals surface area contributed by atoms with Crippen molar-refractivity contribution in [3.05, 3.63) is 40.7 Å². The summed E-state index contributed by atoms with van der Waals surface area (Å²) in [6, 6.07) is 6.26. The van der Waals surface area contributed by atoms with Crippen LogP contribution in [0.3, 0.4) is 0 Å². The van der Waals surface area contributed by atoms with Gasteiger partial charge < -0.3 is 5.32 Å². The molecular formula is C14H19N5O2. The molecule has 1 aromatic carbocycles. The van der Waals surface area contributed by atoms with Crippen LogP contribution >= 0.6 is 0 Å². The Morgan fingerprint density at radius 1 is 1.29 bits per heavy atom. The zero-order valence-electron chi connectivity index (χ0n) is 12.0. The van der Waals surface area contributed by atoms with Crippen LogP contribution in [0.5, 0.6) is 0 Å². The van der Waals surface area contributed by atoms with Crippen LogP contribution in [-0.2, 0) is 6.54 Å². The van der Waals surface area contributed by atoms with Crippen molar-refractivity contribution in [2.45, 2.75) is 26.3 Å². The van der Waals surface area contributed by atoms with Crippen LogP contribution in [0.4, 0.5) is 5.69 Å². The monoisotopic (exact) mass is 289 g/mol. The van der Waals surface area contributed by atoms with Crippen LogP contribution in [0.15, 0.2) is 30.6 Å². The molecule has 1 heterocycles. The number of nitrogens with zero attached hydrogens (tertiary/aromatic N) is 4. The molecule has 0 unspecified atom stereocenters. The van der Waals surface area contributed by atoms with Crippen molar-refractivity contribution in [3.8, 4) is 11.4 Å². The van der Waals surface area contributed by atoms with Gasteiger partial charge >= 0.3 is 0 Å². The Morgan fingerprint density at radius 3 is 2.71 bits per heavy atom. The van der Waals surface area contributed by atoms with Crippen molar-refractivity contribution >= 4 is 5.69 Å². The number of nitrogens with one attached hydrogen (secondary N) is 1. The molecule has 21 heavy (non-hydrogen) atoms. The summed E-state index contributed by atoms with van der Waals surface area (Å²) in [6.07, 6.45) is 3.81. The van der Waals surface area contributed by atoms with Gasteiger partial charge in [-0.3, -0.25) is 14.8 Å². The van der Waals surface area contributed by atoms with Crippen LogP contribution in [0, 0.1) is 10.1 Å². The van der Waals surface area contributed by atoms with Crippen molar-refractivity contribution in [2.24, 2.45) is 0 Å². The highest BCUT2D eigenvalue weighted by Gasteiger charge is 2.08. The number of nitro benzene ring substituents is 1. The molecule has 0 saturated heterocycles. The van der Waals surface area contributed by atoms with E-state index >= 15 is 0 Å². The third-order valence-corrected chi connectivity index (χ3v) is 3.04. The molecular weight excluding hydrogens is 270 g/mol. The van der Waals surface area contributed by atoms with Crippen molar-refractivity contribution in [1.29, 1.82) is 0 Å². The first-order valence-electron chi connectivity index (χ1n) is 7.05. The van der Waals surface area contributed by atoms with Crippen LogP contribution in [-0.4, -0.2) is 32.8 Å². The molecule has 0 amide bonds. The third kappa shape index (κ3) is 4.35. The van der Waals surface area contributed by atoms with E-state index in [1.807, 2.05) is 0 Å². The van der Waals surface area contributed by atoms with Crippen LogP contribution in [0.25, 0.3) is 11.4 Å². The van der Waals surface area contributed by atoms with Gasteiger partial charge in [-0.05, 0) is 38.1 Å². The molecule has 0 fully saturated rings. The van der Waals surface area contributed by atoms with Gasteiger partial charge in [-0.1, -0.05) is 6.92 Å². The Hall–Kier alpha value is -2.28. The van der Waals surface area contributed by atoms with E-state index in [2.05, 4.69) is 22.3 Å². The lowest BCUT2D eigenvalue weighted by Crippen LogP contribution is -2.17. The van der Waals surface area contributed by atoms with E-state index in [-0.39, 0.29) is 5.69 Å². The van der Waals surface area contributed by atoms with E-state index in [1.54, 1.807) is 23.1 Å². The number of aromatic nitrogens is 3. The lowest BCUT2D eigenvalue weighted by atomic mass is 10.2. The molecule has 7 nitrogen and oxygen atoms in total. The summed E-state index contributed by atoms with van der Waals surface area (Å²) in [4.78, 5) is 14.4. The highest BCUT2D eigenvalue weighted by molar-refractivity contribution is 5.56. The Labute approximate surface area is 123 Å². The van der Waals surface area contributed by atoms with Gasteiger partial charge in [0.05, 0.1) is 4.92 Å². The Balaban J connectivity index is 1.91. The fourth-order valence-electron chi connectivity index (χ4n) is 1.93. The summed E-state index contributed by atoms with van der Waals surface area (Å²) < 4.78 is 1.80. The van der Waals surface area contributed by atoms with Gasteiger partial charge in [-0.25, -0.2) is 4.98 Å². The SMILES string of the molecule is CCCNCCCn1cnc(-c2ccc([N+](=O)[O-])cc2)n1. The van der Waals surface area contributed by atoms with Crippen molar-refractivity contribution < 1.29 is 4.92 Å². The number of nitro groups is 1. The fraction of sp³-hybridized carbons (Fsp3) is 0.429. The first kappa shape index (κ1) is 15.1. The summed E-state index contributed by atoms with van der Waals surface area (Å²) in [7, 11) is 0. The van der Waals surface area contributed by atoms with Crippen LogP contribution < -0.4 is 5.32 Å². The van der Waals surface area contributed by atoms with Crippen molar-refractivity contribution in [3.63, 3.8) is 0 Å². The molecule has 0 atom stereocenters. The number of rotatable bonds is 8. The Morgan fingerprint density at radius 2 is 2.05 bits per heavy atom. The van der Waals surface area contributed by atoms with E-state index < -0.39 is 4.92 Å². The molecule has 2 rings (SSSR count). The number of non-ortho nitro benzene ring substituents is 1. The minimum Gasteiger partial charge on any atom is -0.317 e. The van der Waals surface area contributed by atoms with E-state index in [0.29, 0.717) is 5.82 Å². The lowest BCUT2D eigenvalue weighted by molar-refractivity contribution is -0.384. The van der Waals surface area contributed by atoms with Crippen LogP contribution in [0.1, 0.15) is 19.8 Å². The van der Waals surface area contributed by atoms with E-state index in [0.717, 1.165) is 38.0 Å². The summed E-state index contributed by atoms with van der Waals surface area (Å²) >= 11 is 0. The summed E-state index contributed by atoms with van der Waals surface area (Å²) in [5.41, 5.74) is 0.851. The molecule has 0 aliphatic heterocycles. The van der Waals surface area contributed by atoms with Gasteiger partial charge in [0.2, 0.25) is 0 Å². The van der Waals surface area contributed by atoms with E-state index in [1.165, 1.54) is 12.1 Å². The van der Waals surface area contributed by atoms with E-state index in [4.69, 9.17) is 0 Å². The van der Waals surface area contributed by atoms with Gasteiger partial charge in [0.1, 0.15) is 6.33 Å². The summed E-state index contributed by atoms with van der Waals surface area (Å²) in [6.45, 7) is 4.93. The molecule has 0 spiro atoms.